The first kappa shape index (κ1) is 12.3. The second kappa shape index (κ2) is 5.99. The predicted molar refractivity (Wildman–Crippen MR) is 66.5 cm³/mol. The van der Waals surface area contributed by atoms with Gasteiger partial charge in [-0.15, -0.1) is 0 Å². The first-order valence-electron chi connectivity index (χ1n) is 6.90. The molecule has 0 aromatic carbocycles. The number of likely N-dealkylation sites (N-methyl/N-ethyl adjacent to an activating group) is 1. The van der Waals surface area contributed by atoms with Crippen LogP contribution in [0.2, 0.25) is 0 Å². The SMILES string of the molecule is CN(C1CCNCC1)C1CCCCCC1O. The van der Waals surface area contributed by atoms with E-state index in [1.54, 1.807) is 0 Å². The Bertz CT molecular complexity index is 204. The fourth-order valence-corrected chi connectivity index (χ4v) is 3.23. The lowest BCUT2D eigenvalue weighted by Crippen LogP contribution is -2.49. The molecule has 2 aliphatic rings. The summed E-state index contributed by atoms with van der Waals surface area (Å²) in [6.07, 6.45) is 8.35. The summed E-state index contributed by atoms with van der Waals surface area (Å²) in [5.74, 6) is 0. The van der Waals surface area contributed by atoms with Gasteiger partial charge in [-0.2, -0.15) is 0 Å². The molecular weight excluding hydrogens is 200 g/mol. The molecule has 1 aliphatic carbocycles. The minimum Gasteiger partial charge on any atom is -0.391 e. The molecule has 0 bridgehead atoms. The highest BCUT2D eigenvalue weighted by Crippen LogP contribution is 2.25. The summed E-state index contributed by atoms with van der Waals surface area (Å²) in [6, 6.07) is 1.09. The lowest BCUT2D eigenvalue weighted by atomic mass is 9.98. The fourth-order valence-electron chi connectivity index (χ4n) is 3.23. The van der Waals surface area contributed by atoms with Gasteiger partial charge in [0.15, 0.2) is 0 Å². The van der Waals surface area contributed by atoms with Crippen molar-refractivity contribution < 1.29 is 5.11 Å². The van der Waals surface area contributed by atoms with Gasteiger partial charge in [-0.25, -0.2) is 0 Å². The summed E-state index contributed by atoms with van der Waals surface area (Å²) in [5, 5.41) is 13.6. The lowest BCUT2D eigenvalue weighted by molar-refractivity contribution is 0.0282. The predicted octanol–water partition coefficient (Wildman–Crippen LogP) is 1.36. The molecule has 0 radical (unpaired) electrons. The number of nitrogens with zero attached hydrogens (tertiary/aromatic N) is 1. The Morgan fingerprint density at radius 1 is 1.00 bits per heavy atom. The van der Waals surface area contributed by atoms with Gasteiger partial charge < -0.3 is 10.4 Å². The summed E-state index contributed by atoms with van der Waals surface area (Å²) >= 11 is 0. The van der Waals surface area contributed by atoms with Gasteiger partial charge in [0.2, 0.25) is 0 Å². The molecule has 1 saturated carbocycles. The van der Waals surface area contributed by atoms with Crippen molar-refractivity contribution in [3.05, 3.63) is 0 Å². The Morgan fingerprint density at radius 3 is 2.44 bits per heavy atom. The molecule has 0 aromatic rings. The average molecular weight is 226 g/mol. The number of aliphatic hydroxyl groups excluding tert-OH is 1. The van der Waals surface area contributed by atoms with E-state index >= 15 is 0 Å². The van der Waals surface area contributed by atoms with Crippen molar-refractivity contribution in [3.8, 4) is 0 Å². The number of hydrogen-bond acceptors (Lipinski definition) is 3. The topological polar surface area (TPSA) is 35.5 Å². The normalized spacial score (nSPS) is 33.9. The van der Waals surface area contributed by atoms with Crippen LogP contribution >= 0.6 is 0 Å². The van der Waals surface area contributed by atoms with E-state index in [1.807, 2.05) is 0 Å². The molecule has 2 fully saturated rings. The Morgan fingerprint density at radius 2 is 1.69 bits per heavy atom. The number of nitrogens with one attached hydrogen (secondary N) is 1. The molecule has 2 unspecified atom stereocenters. The molecule has 2 rings (SSSR count). The van der Waals surface area contributed by atoms with Crippen LogP contribution in [-0.2, 0) is 0 Å². The van der Waals surface area contributed by atoms with E-state index in [4.69, 9.17) is 0 Å². The zero-order chi connectivity index (χ0) is 11.4. The summed E-state index contributed by atoms with van der Waals surface area (Å²) < 4.78 is 0. The molecule has 1 heterocycles. The van der Waals surface area contributed by atoms with Crippen molar-refractivity contribution in [1.82, 2.24) is 10.2 Å². The zero-order valence-electron chi connectivity index (χ0n) is 10.5. The van der Waals surface area contributed by atoms with Crippen LogP contribution in [0.1, 0.15) is 44.9 Å². The first-order chi connectivity index (χ1) is 7.79. The summed E-state index contributed by atoms with van der Waals surface area (Å²) in [5.41, 5.74) is 0. The van der Waals surface area contributed by atoms with E-state index in [0.29, 0.717) is 12.1 Å². The number of piperidine rings is 1. The summed E-state index contributed by atoms with van der Waals surface area (Å²) in [4.78, 5) is 2.47. The van der Waals surface area contributed by atoms with Gasteiger partial charge in [-0.3, -0.25) is 4.90 Å². The maximum absolute atomic E-state index is 10.2. The van der Waals surface area contributed by atoms with E-state index in [1.165, 1.54) is 38.5 Å². The maximum atomic E-state index is 10.2. The Hall–Kier alpha value is -0.120. The van der Waals surface area contributed by atoms with Gasteiger partial charge in [-0.05, 0) is 45.8 Å². The molecule has 2 N–H and O–H groups in total. The summed E-state index contributed by atoms with van der Waals surface area (Å²) in [7, 11) is 2.22. The number of rotatable bonds is 2. The van der Waals surface area contributed by atoms with Crippen molar-refractivity contribution in [2.75, 3.05) is 20.1 Å². The molecule has 16 heavy (non-hydrogen) atoms. The number of aliphatic hydroxyl groups is 1. The summed E-state index contributed by atoms with van der Waals surface area (Å²) in [6.45, 7) is 2.27. The van der Waals surface area contributed by atoms with Crippen molar-refractivity contribution in [3.63, 3.8) is 0 Å². The van der Waals surface area contributed by atoms with Crippen molar-refractivity contribution in [2.24, 2.45) is 0 Å². The van der Waals surface area contributed by atoms with E-state index in [9.17, 15) is 5.11 Å². The van der Waals surface area contributed by atoms with Crippen LogP contribution in [0.4, 0.5) is 0 Å². The Balaban J connectivity index is 1.92. The second-order valence-corrected chi connectivity index (χ2v) is 5.42. The Labute approximate surface area is 99.2 Å². The molecule has 3 heteroatoms. The quantitative estimate of drug-likeness (QED) is 0.698. The first-order valence-corrected chi connectivity index (χ1v) is 6.90. The van der Waals surface area contributed by atoms with Crippen LogP contribution in [0.3, 0.4) is 0 Å². The van der Waals surface area contributed by atoms with Crippen LogP contribution in [0.25, 0.3) is 0 Å². The molecule has 0 amide bonds. The van der Waals surface area contributed by atoms with Crippen LogP contribution < -0.4 is 5.32 Å². The monoisotopic (exact) mass is 226 g/mol. The highest BCUT2D eigenvalue weighted by molar-refractivity contribution is 4.86. The third-order valence-electron chi connectivity index (χ3n) is 4.35. The van der Waals surface area contributed by atoms with Crippen LogP contribution in [0.15, 0.2) is 0 Å². The molecule has 2 atom stereocenters. The van der Waals surface area contributed by atoms with Gasteiger partial charge in [0.05, 0.1) is 6.10 Å². The Kier molecular flexibility index (Phi) is 4.62. The van der Waals surface area contributed by atoms with Gasteiger partial charge in [-0.1, -0.05) is 19.3 Å². The minimum atomic E-state index is -0.0950. The lowest BCUT2D eigenvalue weighted by Gasteiger charge is -2.39. The zero-order valence-corrected chi connectivity index (χ0v) is 10.5. The van der Waals surface area contributed by atoms with Crippen LogP contribution in [-0.4, -0.2) is 48.3 Å². The molecular formula is C13H26N2O. The third-order valence-corrected chi connectivity index (χ3v) is 4.35. The molecule has 3 nitrogen and oxygen atoms in total. The van der Waals surface area contributed by atoms with E-state index in [0.717, 1.165) is 19.5 Å². The molecule has 1 saturated heterocycles. The van der Waals surface area contributed by atoms with Gasteiger partial charge >= 0.3 is 0 Å². The standard InChI is InChI=1S/C13H26N2O/c1-15(11-7-9-14-10-8-11)12-5-3-2-4-6-13(12)16/h11-14,16H,2-10H2,1H3. The van der Waals surface area contributed by atoms with E-state index in [2.05, 4.69) is 17.3 Å². The highest BCUT2D eigenvalue weighted by atomic mass is 16.3. The molecule has 0 spiro atoms. The molecule has 1 aliphatic heterocycles. The van der Waals surface area contributed by atoms with Crippen molar-refractivity contribution in [2.45, 2.75) is 63.1 Å². The van der Waals surface area contributed by atoms with Gasteiger partial charge in [0, 0.05) is 12.1 Å². The molecule has 94 valence electrons. The largest absolute Gasteiger partial charge is 0.391 e. The number of hydrogen-bond donors (Lipinski definition) is 2. The van der Waals surface area contributed by atoms with Crippen LogP contribution in [0.5, 0.6) is 0 Å². The van der Waals surface area contributed by atoms with Crippen molar-refractivity contribution >= 4 is 0 Å². The van der Waals surface area contributed by atoms with Gasteiger partial charge in [0.25, 0.3) is 0 Å². The van der Waals surface area contributed by atoms with E-state index in [-0.39, 0.29) is 6.10 Å². The van der Waals surface area contributed by atoms with E-state index < -0.39 is 0 Å². The van der Waals surface area contributed by atoms with Crippen molar-refractivity contribution in [1.29, 1.82) is 0 Å². The smallest absolute Gasteiger partial charge is 0.0695 e. The van der Waals surface area contributed by atoms with Gasteiger partial charge in [0.1, 0.15) is 0 Å². The maximum Gasteiger partial charge on any atom is 0.0695 e. The fraction of sp³-hybridized carbons (Fsp3) is 1.00. The average Bonchev–Trinajstić information content (AvgIpc) is 2.54. The molecule has 0 aromatic heterocycles. The highest BCUT2D eigenvalue weighted by Gasteiger charge is 2.29. The second-order valence-electron chi connectivity index (χ2n) is 5.42. The minimum absolute atomic E-state index is 0.0950. The third kappa shape index (κ3) is 2.96. The van der Waals surface area contributed by atoms with Crippen LogP contribution in [0, 0.1) is 0 Å².